The molecule has 1 aliphatic heterocycles. The second kappa shape index (κ2) is 4.45. The summed E-state index contributed by atoms with van der Waals surface area (Å²) in [6, 6.07) is 7.70. The maximum atomic E-state index is 12.1. The van der Waals surface area contributed by atoms with Crippen LogP contribution in [0.3, 0.4) is 0 Å². The summed E-state index contributed by atoms with van der Waals surface area (Å²) in [5.41, 5.74) is 0.817. The van der Waals surface area contributed by atoms with Gasteiger partial charge in [0, 0.05) is 10.0 Å². The van der Waals surface area contributed by atoms with Crippen LogP contribution in [-0.4, -0.2) is 30.3 Å². The molecule has 80 valence electrons. The summed E-state index contributed by atoms with van der Waals surface area (Å²) in [6.07, 6.45) is 2.12. The molecule has 1 aromatic rings. The number of halogens is 1. The molecular formula is C12H14BrNO. The van der Waals surface area contributed by atoms with Gasteiger partial charge in [-0.25, -0.2) is 0 Å². The first-order chi connectivity index (χ1) is 7.18. The molecule has 0 N–H and O–H groups in total. The Bertz CT molecular complexity index is 360. The van der Waals surface area contributed by atoms with E-state index in [1.807, 2.05) is 31.3 Å². The zero-order valence-corrected chi connectivity index (χ0v) is 10.3. The summed E-state index contributed by atoms with van der Waals surface area (Å²) in [6.45, 7) is 1.03. The van der Waals surface area contributed by atoms with Crippen LogP contribution in [0, 0.1) is 0 Å². The zero-order chi connectivity index (χ0) is 10.8. The van der Waals surface area contributed by atoms with Crippen LogP contribution in [0.4, 0.5) is 0 Å². The third-order valence-corrected chi connectivity index (χ3v) is 3.48. The van der Waals surface area contributed by atoms with Crippen LogP contribution >= 0.6 is 15.9 Å². The van der Waals surface area contributed by atoms with Crippen molar-refractivity contribution in [3.05, 3.63) is 34.3 Å². The first kappa shape index (κ1) is 10.8. The zero-order valence-electron chi connectivity index (χ0n) is 8.74. The van der Waals surface area contributed by atoms with Gasteiger partial charge in [-0.15, -0.1) is 0 Å². The van der Waals surface area contributed by atoms with Crippen LogP contribution < -0.4 is 0 Å². The topological polar surface area (TPSA) is 20.3 Å². The number of hydrogen-bond donors (Lipinski definition) is 0. The van der Waals surface area contributed by atoms with Crippen molar-refractivity contribution >= 4 is 21.7 Å². The molecule has 3 heteroatoms. The minimum atomic E-state index is 0.0891. The number of hydrogen-bond acceptors (Lipinski definition) is 2. The number of ketones is 1. The van der Waals surface area contributed by atoms with Gasteiger partial charge in [-0.1, -0.05) is 28.1 Å². The highest BCUT2D eigenvalue weighted by atomic mass is 79.9. The van der Waals surface area contributed by atoms with Crippen LogP contribution in [0.25, 0.3) is 0 Å². The molecular weight excluding hydrogens is 254 g/mol. The van der Waals surface area contributed by atoms with Gasteiger partial charge in [0.05, 0.1) is 6.04 Å². The molecule has 1 atom stereocenters. The van der Waals surface area contributed by atoms with E-state index in [9.17, 15) is 4.79 Å². The number of likely N-dealkylation sites (N-methyl/N-ethyl adjacent to an activating group) is 1. The van der Waals surface area contributed by atoms with Gasteiger partial charge in [-0.3, -0.25) is 9.69 Å². The molecule has 2 rings (SSSR count). The monoisotopic (exact) mass is 267 g/mol. The molecule has 0 saturated carbocycles. The van der Waals surface area contributed by atoms with Crippen molar-refractivity contribution in [1.29, 1.82) is 0 Å². The summed E-state index contributed by atoms with van der Waals surface area (Å²) in [5, 5.41) is 0. The van der Waals surface area contributed by atoms with E-state index in [0.29, 0.717) is 0 Å². The van der Waals surface area contributed by atoms with E-state index in [-0.39, 0.29) is 11.8 Å². The van der Waals surface area contributed by atoms with E-state index >= 15 is 0 Å². The Labute approximate surface area is 98.4 Å². The normalized spacial score (nSPS) is 21.9. The number of likely N-dealkylation sites (tertiary alicyclic amines) is 1. The molecule has 0 bridgehead atoms. The van der Waals surface area contributed by atoms with Crippen LogP contribution in [0.15, 0.2) is 28.7 Å². The van der Waals surface area contributed by atoms with Crippen LogP contribution in [0.2, 0.25) is 0 Å². The second-order valence-corrected chi connectivity index (χ2v) is 4.93. The van der Waals surface area contributed by atoms with Gasteiger partial charge in [0.15, 0.2) is 5.78 Å². The Morgan fingerprint density at radius 1 is 1.40 bits per heavy atom. The van der Waals surface area contributed by atoms with E-state index in [0.717, 1.165) is 29.4 Å². The Morgan fingerprint density at radius 3 is 2.60 bits per heavy atom. The number of rotatable bonds is 2. The van der Waals surface area contributed by atoms with Crippen molar-refractivity contribution in [2.45, 2.75) is 18.9 Å². The lowest BCUT2D eigenvalue weighted by molar-refractivity contribution is 0.0890. The molecule has 1 fully saturated rings. The lowest BCUT2D eigenvalue weighted by Crippen LogP contribution is -2.32. The highest BCUT2D eigenvalue weighted by molar-refractivity contribution is 9.10. The standard InChI is InChI=1S/C12H14BrNO/c1-14-8-2-3-11(14)12(15)9-4-6-10(13)7-5-9/h4-7,11H,2-3,8H2,1H3. The molecule has 1 aromatic carbocycles. The maximum Gasteiger partial charge on any atom is 0.179 e. The summed E-state index contributed by atoms with van der Waals surface area (Å²) in [5.74, 6) is 0.252. The number of carbonyl (C=O) groups excluding carboxylic acids is 1. The largest absolute Gasteiger partial charge is 0.296 e. The Balaban J connectivity index is 2.17. The average Bonchev–Trinajstić information content (AvgIpc) is 2.65. The minimum Gasteiger partial charge on any atom is -0.296 e. The van der Waals surface area contributed by atoms with Gasteiger partial charge in [-0.2, -0.15) is 0 Å². The predicted molar refractivity (Wildman–Crippen MR) is 64.1 cm³/mol. The van der Waals surface area contributed by atoms with Crippen LogP contribution in [0.1, 0.15) is 23.2 Å². The highest BCUT2D eigenvalue weighted by Crippen LogP contribution is 2.20. The summed E-state index contributed by atoms with van der Waals surface area (Å²) < 4.78 is 1.01. The summed E-state index contributed by atoms with van der Waals surface area (Å²) in [7, 11) is 2.02. The quantitative estimate of drug-likeness (QED) is 0.769. The fourth-order valence-electron chi connectivity index (χ4n) is 2.05. The smallest absolute Gasteiger partial charge is 0.179 e. The summed E-state index contributed by atoms with van der Waals surface area (Å²) in [4.78, 5) is 14.3. The number of nitrogens with zero attached hydrogens (tertiary/aromatic N) is 1. The highest BCUT2D eigenvalue weighted by Gasteiger charge is 2.28. The number of benzene rings is 1. The Kier molecular flexibility index (Phi) is 3.22. The molecule has 1 saturated heterocycles. The summed E-state index contributed by atoms with van der Waals surface area (Å²) >= 11 is 3.37. The molecule has 0 radical (unpaired) electrons. The van der Waals surface area contributed by atoms with E-state index in [2.05, 4.69) is 20.8 Å². The molecule has 0 amide bonds. The van der Waals surface area contributed by atoms with Crippen LogP contribution in [0.5, 0.6) is 0 Å². The van der Waals surface area contributed by atoms with Gasteiger partial charge < -0.3 is 0 Å². The molecule has 2 nitrogen and oxygen atoms in total. The van der Waals surface area contributed by atoms with Crippen molar-refractivity contribution in [1.82, 2.24) is 4.90 Å². The Hall–Kier alpha value is -0.670. The molecule has 0 aliphatic carbocycles. The van der Waals surface area contributed by atoms with E-state index < -0.39 is 0 Å². The van der Waals surface area contributed by atoms with Gasteiger partial charge in [0.1, 0.15) is 0 Å². The molecule has 1 heterocycles. The van der Waals surface area contributed by atoms with Gasteiger partial charge in [0.2, 0.25) is 0 Å². The molecule has 1 aliphatic rings. The van der Waals surface area contributed by atoms with E-state index in [1.165, 1.54) is 0 Å². The molecule has 1 unspecified atom stereocenters. The van der Waals surface area contributed by atoms with Gasteiger partial charge >= 0.3 is 0 Å². The van der Waals surface area contributed by atoms with Gasteiger partial charge in [-0.05, 0) is 38.6 Å². The van der Waals surface area contributed by atoms with Crippen LogP contribution in [-0.2, 0) is 0 Å². The second-order valence-electron chi connectivity index (χ2n) is 4.01. The molecule has 0 aromatic heterocycles. The van der Waals surface area contributed by atoms with Crippen molar-refractivity contribution in [3.8, 4) is 0 Å². The lowest BCUT2D eigenvalue weighted by Gasteiger charge is -2.17. The van der Waals surface area contributed by atoms with Crippen molar-refractivity contribution < 1.29 is 4.79 Å². The lowest BCUT2D eigenvalue weighted by atomic mass is 10.0. The predicted octanol–water partition coefficient (Wildman–Crippen LogP) is 2.73. The first-order valence-electron chi connectivity index (χ1n) is 5.18. The van der Waals surface area contributed by atoms with Gasteiger partial charge in [0.25, 0.3) is 0 Å². The SMILES string of the molecule is CN1CCCC1C(=O)c1ccc(Br)cc1. The first-order valence-corrected chi connectivity index (χ1v) is 5.98. The van der Waals surface area contributed by atoms with Crippen molar-refractivity contribution in [3.63, 3.8) is 0 Å². The average molecular weight is 268 g/mol. The number of Topliss-reactive ketones (excluding diaryl/α,β-unsaturated/α-hetero) is 1. The fourth-order valence-corrected chi connectivity index (χ4v) is 2.31. The van der Waals surface area contributed by atoms with E-state index in [4.69, 9.17) is 0 Å². The Morgan fingerprint density at radius 2 is 2.07 bits per heavy atom. The maximum absolute atomic E-state index is 12.1. The third-order valence-electron chi connectivity index (χ3n) is 2.95. The molecule has 15 heavy (non-hydrogen) atoms. The van der Waals surface area contributed by atoms with E-state index in [1.54, 1.807) is 0 Å². The minimum absolute atomic E-state index is 0.0891. The third kappa shape index (κ3) is 2.29. The van der Waals surface area contributed by atoms with Crippen molar-refractivity contribution in [2.24, 2.45) is 0 Å². The fraction of sp³-hybridized carbons (Fsp3) is 0.417. The number of carbonyl (C=O) groups is 1. The van der Waals surface area contributed by atoms with Crippen molar-refractivity contribution in [2.75, 3.05) is 13.6 Å². The molecule has 0 spiro atoms.